The van der Waals surface area contributed by atoms with Crippen LogP contribution in [0.3, 0.4) is 0 Å². The van der Waals surface area contributed by atoms with Gasteiger partial charge in [-0.05, 0) is 49.4 Å². The molecule has 0 bridgehead atoms. The van der Waals surface area contributed by atoms with E-state index < -0.39 is 11.6 Å². The lowest BCUT2D eigenvalue weighted by Crippen LogP contribution is -2.34. The van der Waals surface area contributed by atoms with Gasteiger partial charge in [0.1, 0.15) is 17.3 Å². The molecule has 1 nitrogen and oxygen atoms in total. The molecule has 3 heteroatoms. The Labute approximate surface area is 124 Å². The van der Waals surface area contributed by atoms with E-state index >= 15 is 0 Å². The summed E-state index contributed by atoms with van der Waals surface area (Å²) in [5.41, 5.74) is 1.85. The number of benzene rings is 2. The molecule has 0 aliphatic carbocycles. The first-order valence-electron chi connectivity index (χ1n) is 7.44. The lowest BCUT2D eigenvalue weighted by Gasteiger charge is -2.38. The zero-order valence-corrected chi connectivity index (χ0v) is 12.2. The van der Waals surface area contributed by atoms with Crippen LogP contribution in [-0.2, 0) is 0 Å². The van der Waals surface area contributed by atoms with E-state index in [1.807, 2.05) is 35.2 Å². The Bertz CT molecular complexity index is 601. The van der Waals surface area contributed by atoms with Gasteiger partial charge in [0.25, 0.3) is 0 Å². The van der Waals surface area contributed by atoms with Crippen molar-refractivity contribution in [3.63, 3.8) is 0 Å². The van der Waals surface area contributed by atoms with Gasteiger partial charge in [-0.2, -0.15) is 0 Å². The summed E-state index contributed by atoms with van der Waals surface area (Å²) in [4.78, 5) is 1.89. The first-order valence-corrected chi connectivity index (χ1v) is 7.44. The molecule has 2 aromatic carbocycles. The van der Waals surface area contributed by atoms with Gasteiger partial charge in [-0.3, -0.25) is 0 Å². The van der Waals surface area contributed by atoms with Crippen LogP contribution in [0.1, 0.15) is 36.4 Å². The number of hydrogen-bond donors (Lipinski definition) is 0. The fraction of sp³-hybridized carbons (Fsp3) is 0.333. The highest BCUT2D eigenvalue weighted by atomic mass is 19.1. The molecule has 0 amide bonds. The van der Waals surface area contributed by atoms with Crippen molar-refractivity contribution in [2.45, 2.75) is 32.2 Å². The Kier molecular flexibility index (Phi) is 3.91. The molecule has 0 N–H and O–H groups in total. The molecular formula is C18H19F2N. The minimum absolute atomic E-state index is 0.0478. The van der Waals surface area contributed by atoms with Gasteiger partial charge in [-0.1, -0.05) is 30.3 Å². The molecule has 1 fully saturated rings. The van der Waals surface area contributed by atoms with Gasteiger partial charge in [0, 0.05) is 6.54 Å². The topological polar surface area (TPSA) is 3.24 Å². The van der Waals surface area contributed by atoms with Crippen LogP contribution < -0.4 is 4.90 Å². The van der Waals surface area contributed by atoms with Crippen molar-refractivity contribution in [1.82, 2.24) is 0 Å². The van der Waals surface area contributed by atoms with Gasteiger partial charge >= 0.3 is 0 Å². The summed E-state index contributed by atoms with van der Waals surface area (Å²) in [5, 5.41) is 0. The molecular weight excluding hydrogens is 268 g/mol. The molecule has 1 unspecified atom stereocenters. The first-order chi connectivity index (χ1) is 10.2. The van der Waals surface area contributed by atoms with Crippen LogP contribution in [0.25, 0.3) is 0 Å². The van der Waals surface area contributed by atoms with E-state index in [4.69, 9.17) is 0 Å². The standard InChI is InChI=1S/C18H19F2N/c1-13-11-15(19)18(16(20)12-13)21-10-6-5-9-17(21)14-7-3-2-4-8-14/h2-4,7-8,11-12,17H,5-6,9-10H2,1H3. The van der Waals surface area contributed by atoms with Crippen molar-refractivity contribution in [2.24, 2.45) is 0 Å². The molecule has 0 spiro atoms. The van der Waals surface area contributed by atoms with Gasteiger partial charge in [-0.15, -0.1) is 0 Å². The number of aryl methyl sites for hydroxylation is 1. The van der Waals surface area contributed by atoms with Crippen molar-refractivity contribution in [3.8, 4) is 0 Å². The van der Waals surface area contributed by atoms with Crippen LogP contribution in [-0.4, -0.2) is 6.54 Å². The highest BCUT2D eigenvalue weighted by molar-refractivity contribution is 5.53. The minimum atomic E-state index is -0.463. The Morgan fingerprint density at radius 3 is 2.33 bits per heavy atom. The summed E-state index contributed by atoms with van der Waals surface area (Å²) >= 11 is 0. The van der Waals surface area contributed by atoms with Crippen LogP contribution in [0.2, 0.25) is 0 Å². The number of anilines is 1. The summed E-state index contributed by atoms with van der Waals surface area (Å²) in [5.74, 6) is -0.925. The fourth-order valence-corrected chi connectivity index (χ4v) is 3.19. The Hall–Kier alpha value is -1.90. The molecule has 1 heterocycles. The van der Waals surface area contributed by atoms with E-state index in [0.717, 1.165) is 24.8 Å². The van der Waals surface area contributed by atoms with E-state index in [-0.39, 0.29) is 11.7 Å². The maximum atomic E-state index is 14.3. The maximum Gasteiger partial charge on any atom is 0.149 e. The maximum absolute atomic E-state index is 14.3. The smallest absolute Gasteiger partial charge is 0.149 e. The number of halogens is 2. The average Bonchev–Trinajstić information content (AvgIpc) is 2.48. The molecule has 21 heavy (non-hydrogen) atoms. The second-order valence-electron chi connectivity index (χ2n) is 5.69. The van der Waals surface area contributed by atoms with E-state index in [1.54, 1.807) is 6.92 Å². The van der Waals surface area contributed by atoms with Crippen LogP contribution >= 0.6 is 0 Å². The van der Waals surface area contributed by atoms with Gasteiger partial charge in [0.2, 0.25) is 0 Å². The predicted octanol–water partition coefficient (Wildman–Crippen LogP) is 5.00. The SMILES string of the molecule is Cc1cc(F)c(N2CCCCC2c2ccccc2)c(F)c1. The molecule has 110 valence electrons. The van der Waals surface area contributed by atoms with Gasteiger partial charge in [-0.25, -0.2) is 8.78 Å². The molecule has 1 aliphatic heterocycles. The van der Waals surface area contributed by atoms with Gasteiger partial charge in [0.05, 0.1) is 6.04 Å². The summed E-state index contributed by atoms with van der Waals surface area (Å²) in [6.07, 6.45) is 2.98. The normalized spacial score (nSPS) is 18.8. The molecule has 3 rings (SSSR count). The van der Waals surface area contributed by atoms with E-state index in [2.05, 4.69) is 0 Å². The predicted molar refractivity (Wildman–Crippen MR) is 81.5 cm³/mol. The second-order valence-corrected chi connectivity index (χ2v) is 5.69. The number of piperidine rings is 1. The van der Waals surface area contributed by atoms with Crippen molar-refractivity contribution in [2.75, 3.05) is 11.4 Å². The molecule has 0 saturated carbocycles. The lowest BCUT2D eigenvalue weighted by molar-refractivity contribution is 0.454. The van der Waals surface area contributed by atoms with Gasteiger partial charge < -0.3 is 4.90 Å². The fourth-order valence-electron chi connectivity index (χ4n) is 3.19. The van der Waals surface area contributed by atoms with Crippen LogP contribution in [0.4, 0.5) is 14.5 Å². The van der Waals surface area contributed by atoms with E-state index in [9.17, 15) is 8.78 Å². The Balaban J connectivity index is 2.03. The summed E-state index contributed by atoms with van der Waals surface area (Å²) < 4.78 is 28.6. The molecule has 0 aromatic heterocycles. The second kappa shape index (κ2) is 5.84. The monoisotopic (exact) mass is 287 g/mol. The van der Waals surface area contributed by atoms with Crippen LogP contribution in [0.15, 0.2) is 42.5 Å². The molecule has 1 atom stereocenters. The van der Waals surface area contributed by atoms with Crippen molar-refractivity contribution in [1.29, 1.82) is 0 Å². The minimum Gasteiger partial charge on any atom is -0.360 e. The summed E-state index contributed by atoms with van der Waals surface area (Å²) in [6.45, 7) is 2.40. The Morgan fingerprint density at radius 1 is 1.00 bits per heavy atom. The number of hydrogen-bond acceptors (Lipinski definition) is 1. The largest absolute Gasteiger partial charge is 0.360 e. The molecule has 1 aliphatic rings. The molecule has 2 aromatic rings. The third kappa shape index (κ3) is 2.78. The molecule has 1 saturated heterocycles. The molecule has 0 radical (unpaired) electrons. The van der Waals surface area contributed by atoms with Crippen molar-refractivity contribution >= 4 is 5.69 Å². The third-order valence-electron chi connectivity index (χ3n) is 4.14. The number of rotatable bonds is 2. The summed E-state index contributed by atoms with van der Waals surface area (Å²) in [6, 6.07) is 12.9. The highest BCUT2D eigenvalue weighted by Gasteiger charge is 2.28. The zero-order chi connectivity index (χ0) is 14.8. The highest BCUT2D eigenvalue weighted by Crippen LogP contribution is 2.37. The lowest BCUT2D eigenvalue weighted by atomic mass is 9.94. The van der Waals surface area contributed by atoms with Crippen LogP contribution in [0.5, 0.6) is 0 Å². The quantitative estimate of drug-likeness (QED) is 0.751. The van der Waals surface area contributed by atoms with Crippen LogP contribution in [0, 0.1) is 18.6 Å². The Morgan fingerprint density at radius 2 is 1.67 bits per heavy atom. The van der Waals surface area contributed by atoms with Gasteiger partial charge in [0.15, 0.2) is 0 Å². The zero-order valence-electron chi connectivity index (χ0n) is 12.2. The first kappa shape index (κ1) is 14.1. The van der Waals surface area contributed by atoms with E-state index in [1.165, 1.54) is 12.1 Å². The van der Waals surface area contributed by atoms with E-state index in [0.29, 0.717) is 12.1 Å². The third-order valence-corrected chi connectivity index (χ3v) is 4.14. The average molecular weight is 287 g/mol. The number of nitrogens with zero attached hydrogens (tertiary/aromatic N) is 1. The van der Waals surface area contributed by atoms with Crippen molar-refractivity contribution in [3.05, 3.63) is 65.2 Å². The summed E-state index contributed by atoms with van der Waals surface area (Å²) in [7, 11) is 0. The van der Waals surface area contributed by atoms with Crippen molar-refractivity contribution < 1.29 is 8.78 Å².